The number of rotatable bonds is 7. The molecule has 0 amide bonds. The van der Waals surface area contributed by atoms with E-state index in [1.807, 2.05) is 0 Å². The number of ether oxygens (including phenoxy) is 1. The van der Waals surface area contributed by atoms with E-state index >= 15 is 0 Å². The molecule has 20 heavy (non-hydrogen) atoms. The minimum absolute atomic E-state index is 0.0513. The van der Waals surface area contributed by atoms with Crippen molar-refractivity contribution in [3.63, 3.8) is 0 Å². The quantitative estimate of drug-likeness (QED) is 0.719. The third-order valence-corrected chi connectivity index (χ3v) is 4.72. The highest BCUT2D eigenvalue weighted by atomic mass is 32.2. The van der Waals surface area contributed by atoms with Crippen LogP contribution < -0.4 is 4.90 Å². The molecule has 5 nitrogen and oxygen atoms in total. The van der Waals surface area contributed by atoms with Gasteiger partial charge in [0.1, 0.15) is 0 Å². The predicted octanol–water partition coefficient (Wildman–Crippen LogP) is 1.87. The maximum absolute atomic E-state index is 12.0. The number of hydrogen-bond acceptors (Lipinski definition) is 5. The van der Waals surface area contributed by atoms with Gasteiger partial charge in [-0.25, -0.2) is 8.42 Å². The van der Waals surface area contributed by atoms with Crippen LogP contribution in [0, 0.1) is 0 Å². The monoisotopic (exact) mass is 299 g/mol. The van der Waals surface area contributed by atoms with Crippen molar-refractivity contribution in [2.45, 2.75) is 25.2 Å². The Hall–Kier alpha value is -1.56. The van der Waals surface area contributed by atoms with Gasteiger partial charge < -0.3 is 9.64 Å². The second-order valence-corrected chi connectivity index (χ2v) is 6.59. The Bertz CT molecular complexity index is 554. The molecule has 0 unspecified atom stereocenters. The summed E-state index contributed by atoms with van der Waals surface area (Å²) in [4.78, 5) is 13.4. The highest BCUT2D eigenvalue weighted by Crippen LogP contribution is 2.25. The lowest BCUT2D eigenvalue weighted by Gasteiger charge is -2.21. The standard InChI is InChI=1S/C14H21NO4S/c1-4-19-14(16)10-11-15(3)12-8-6-7-9-13(12)20(17,18)5-2/h6-9H,4-5,10-11H2,1-3H3. The summed E-state index contributed by atoms with van der Waals surface area (Å²) >= 11 is 0. The average Bonchev–Trinajstić information content (AvgIpc) is 2.45. The van der Waals surface area contributed by atoms with E-state index in [0.717, 1.165) is 0 Å². The number of carbonyl (C=O) groups excluding carboxylic acids is 1. The smallest absolute Gasteiger partial charge is 0.307 e. The molecule has 0 aliphatic rings. The number of hydrogen-bond donors (Lipinski definition) is 0. The van der Waals surface area contributed by atoms with E-state index in [9.17, 15) is 13.2 Å². The van der Waals surface area contributed by atoms with E-state index in [4.69, 9.17) is 4.74 Å². The predicted molar refractivity (Wildman–Crippen MR) is 78.7 cm³/mol. The lowest BCUT2D eigenvalue weighted by Crippen LogP contribution is -2.24. The molecular weight excluding hydrogens is 278 g/mol. The van der Waals surface area contributed by atoms with Gasteiger partial charge in [0, 0.05) is 13.6 Å². The van der Waals surface area contributed by atoms with Crippen molar-refractivity contribution in [1.29, 1.82) is 0 Å². The summed E-state index contributed by atoms with van der Waals surface area (Å²) in [5.74, 6) is -0.231. The molecule has 0 aliphatic heterocycles. The molecule has 0 atom stereocenters. The molecule has 0 spiro atoms. The SMILES string of the molecule is CCOC(=O)CCN(C)c1ccccc1S(=O)(=O)CC. The lowest BCUT2D eigenvalue weighted by molar-refractivity contribution is -0.142. The van der Waals surface area contributed by atoms with Crippen molar-refractivity contribution < 1.29 is 17.9 Å². The first-order valence-electron chi connectivity index (χ1n) is 6.61. The molecule has 6 heteroatoms. The molecule has 0 aromatic heterocycles. The van der Waals surface area contributed by atoms with Crippen LogP contribution in [0.15, 0.2) is 29.2 Å². The minimum atomic E-state index is -3.28. The molecule has 1 aromatic rings. The number of anilines is 1. The van der Waals surface area contributed by atoms with Crippen molar-refractivity contribution in [2.24, 2.45) is 0 Å². The van der Waals surface area contributed by atoms with Crippen LogP contribution in [0.2, 0.25) is 0 Å². The second-order valence-electron chi connectivity index (χ2n) is 4.35. The summed E-state index contributed by atoms with van der Waals surface area (Å²) in [6.07, 6.45) is 0.227. The van der Waals surface area contributed by atoms with Gasteiger partial charge in [0.25, 0.3) is 0 Å². The number of carbonyl (C=O) groups is 1. The summed E-state index contributed by atoms with van der Waals surface area (Å²) in [7, 11) is -1.51. The molecule has 0 heterocycles. The van der Waals surface area contributed by atoms with Crippen molar-refractivity contribution in [3.05, 3.63) is 24.3 Å². The van der Waals surface area contributed by atoms with Crippen LogP contribution in [0.4, 0.5) is 5.69 Å². The number of esters is 1. The van der Waals surface area contributed by atoms with Gasteiger partial charge in [0.05, 0.1) is 29.4 Å². The van der Waals surface area contributed by atoms with E-state index in [-0.39, 0.29) is 18.1 Å². The Labute approximate surface area is 120 Å². The topological polar surface area (TPSA) is 63.7 Å². The fourth-order valence-electron chi connectivity index (χ4n) is 1.80. The highest BCUT2D eigenvalue weighted by Gasteiger charge is 2.18. The molecule has 1 aromatic carbocycles. The summed E-state index contributed by atoms with van der Waals surface area (Å²) in [6.45, 7) is 4.13. The van der Waals surface area contributed by atoms with Gasteiger partial charge in [-0.15, -0.1) is 0 Å². The number of benzene rings is 1. The zero-order valence-corrected chi connectivity index (χ0v) is 12.9. The molecule has 0 N–H and O–H groups in total. The molecule has 0 aliphatic carbocycles. The molecule has 0 saturated heterocycles. The average molecular weight is 299 g/mol. The Balaban J connectivity index is 2.89. The minimum Gasteiger partial charge on any atom is -0.466 e. The third-order valence-electron chi connectivity index (χ3n) is 2.95. The lowest BCUT2D eigenvalue weighted by atomic mass is 10.3. The van der Waals surface area contributed by atoms with Gasteiger partial charge in [-0.3, -0.25) is 4.79 Å². The van der Waals surface area contributed by atoms with Crippen LogP contribution in [-0.4, -0.2) is 40.3 Å². The van der Waals surface area contributed by atoms with Gasteiger partial charge >= 0.3 is 5.97 Å². The van der Waals surface area contributed by atoms with Crippen molar-refractivity contribution in [2.75, 3.05) is 30.9 Å². The number of para-hydroxylation sites is 1. The van der Waals surface area contributed by atoms with Gasteiger partial charge in [-0.2, -0.15) is 0 Å². The Morgan fingerprint density at radius 3 is 2.50 bits per heavy atom. The number of nitrogens with zero attached hydrogens (tertiary/aromatic N) is 1. The Kier molecular flexibility index (Phi) is 6.01. The van der Waals surface area contributed by atoms with Gasteiger partial charge in [-0.05, 0) is 19.1 Å². The van der Waals surface area contributed by atoms with Crippen LogP contribution in [0.3, 0.4) is 0 Å². The van der Waals surface area contributed by atoms with Crippen molar-refractivity contribution in [1.82, 2.24) is 0 Å². The fourth-order valence-corrected chi connectivity index (χ4v) is 2.94. The molecule has 112 valence electrons. The Morgan fingerprint density at radius 1 is 1.25 bits per heavy atom. The second kappa shape index (κ2) is 7.28. The van der Waals surface area contributed by atoms with E-state index in [1.165, 1.54) is 0 Å². The zero-order chi connectivity index (χ0) is 15.2. The van der Waals surface area contributed by atoms with Crippen LogP contribution >= 0.6 is 0 Å². The Morgan fingerprint density at radius 2 is 1.90 bits per heavy atom. The fraction of sp³-hybridized carbons (Fsp3) is 0.500. The van der Waals surface area contributed by atoms with Crippen LogP contribution in [0.1, 0.15) is 20.3 Å². The molecule has 1 rings (SSSR count). The first-order chi connectivity index (χ1) is 9.42. The maximum atomic E-state index is 12.0. The largest absolute Gasteiger partial charge is 0.466 e. The molecule has 0 bridgehead atoms. The zero-order valence-electron chi connectivity index (χ0n) is 12.1. The summed E-state index contributed by atoms with van der Waals surface area (Å²) in [5.41, 5.74) is 0.610. The van der Waals surface area contributed by atoms with Crippen LogP contribution in [-0.2, 0) is 19.4 Å². The van der Waals surface area contributed by atoms with Crippen LogP contribution in [0.5, 0.6) is 0 Å². The van der Waals surface area contributed by atoms with E-state index in [2.05, 4.69) is 0 Å². The maximum Gasteiger partial charge on any atom is 0.307 e. The van der Waals surface area contributed by atoms with E-state index in [1.54, 1.807) is 50.1 Å². The van der Waals surface area contributed by atoms with Gasteiger partial charge in [-0.1, -0.05) is 19.1 Å². The highest BCUT2D eigenvalue weighted by molar-refractivity contribution is 7.91. The summed E-state index contributed by atoms with van der Waals surface area (Å²) < 4.78 is 29.0. The summed E-state index contributed by atoms with van der Waals surface area (Å²) in [5, 5.41) is 0. The van der Waals surface area contributed by atoms with Crippen LogP contribution in [0.25, 0.3) is 0 Å². The molecule has 0 radical (unpaired) electrons. The van der Waals surface area contributed by atoms with Crippen molar-refractivity contribution >= 4 is 21.5 Å². The van der Waals surface area contributed by atoms with Crippen molar-refractivity contribution in [3.8, 4) is 0 Å². The van der Waals surface area contributed by atoms with E-state index in [0.29, 0.717) is 23.7 Å². The first-order valence-corrected chi connectivity index (χ1v) is 8.26. The molecular formula is C14H21NO4S. The van der Waals surface area contributed by atoms with E-state index < -0.39 is 9.84 Å². The number of sulfone groups is 1. The third kappa shape index (κ3) is 4.23. The molecule has 0 fully saturated rings. The summed E-state index contributed by atoms with van der Waals surface area (Å²) in [6, 6.07) is 6.82. The molecule has 0 saturated carbocycles. The first kappa shape index (κ1) is 16.5. The van der Waals surface area contributed by atoms with Gasteiger partial charge in [0.2, 0.25) is 0 Å². The van der Waals surface area contributed by atoms with Gasteiger partial charge in [0.15, 0.2) is 9.84 Å². The normalized spacial score (nSPS) is 11.2.